The molecule has 0 aliphatic carbocycles. The highest BCUT2D eigenvalue weighted by molar-refractivity contribution is 5.95. The predicted molar refractivity (Wildman–Crippen MR) is 86.2 cm³/mol. The molecule has 0 saturated carbocycles. The van der Waals surface area contributed by atoms with Crippen molar-refractivity contribution in [2.24, 2.45) is 5.10 Å². The largest absolute Gasteiger partial charge is 0.490 e. The molecule has 0 fully saturated rings. The molecule has 0 aromatic heterocycles. The van der Waals surface area contributed by atoms with E-state index >= 15 is 0 Å². The Bertz CT molecular complexity index is 866. The lowest BCUT2D eigenvalue weighted by atomic mass is 10.1. The molecule has 2 rings (SSSR count). The van der Waals surface area contributed by atoms with Crippen molar-refractivity contribution in [2.45, 2.75) is 6.18 Å². The van der Waals surface area contributed by atoms with E-state index in [0.29, 0.717) is 11.6 Å². The van der Waals surface area contributed by atoms with Gasteiger partial charge in [-0.1, -0.05) is 6.07 Å². The Morgan fingerprint density at radius 1 is 1.27 bits per heavy atom. The lowest BCUT2D eigenvalue weighted by Gasteiger charge is -2.07. The van der Waals surface area contributed by atoms with Crippen molar-refractivity contribution < 1.29 is 27.6 Å². The number of carbonyl (C=O) groups is 1. The van der Waals surface area contributed by atoms with Crippen LogP contribution >= 0.6 is 0 Å². The van der Waals surface area contributed by atoms with E-state index in [1.807, 2.05) is 0 Å². The van der Waals surface area contributed by atoms with Gasteiger partial charge in [0.2, 0.25) is 0 Å². The molecule has 2 aromatic carbocycles. The minimum Gasteiger partial charge on any atom is -0.490 e. The van der Waals surface area contributed by atoms with E-state index in [2.05, 4.69) is 10.5 Å². The van der Waals surface area contributed by atoms with E-state index in [-0.39, 0.29) is 17.0 Å². The van der Waals surface area contributed by atoms with E-state index in [1.54, 1.807) is 0 Å². The number of nitro benzene ring substituents is 1. The van der Waals surface area contributed by atoms with Gasteiger partial charge in [0.15, 0.2) is 5.75 Å². The maximum absolute atomic E-state index is 12.6. The Hall–Kier alpha value is -3.43. The van der Waals surface area contributed by atoms with Gasteiger partial charge < -0.3 is 4.74 Å². The molecule has 0 saturated heterocycles. The minimum atomic E-state index is -4.57. The number of nitrogens with zero attached hydrogens (tertiary/aromatic N) is 2. The van der Waals surface area contributed by atoms with Gasteiger partial charge in [-0.2, -0.15) is 18.3 Å². The summed E-state index contributed by atoms with van der Waals surface area (Å²) in [5.41, 5.74) is 0.885. The van der Waals surface area contributed by atoms with E-state index < -0.39 is 22.6 Å². The van der Waals surface area contributed by atoms with Gasteiger partial charge in [-0.05, 0) is 30.3 Å². The van der Waals surface area contributed by atoms with Crippen LogP contribution in [-0.4, -0.2) is 24.2 Å². The molecule has 0 heterocycles. The highest BCUT2D eigenvalue weighted by Gasteiger charge is 2.30. The first-order valence-corrected chi connectivity index (χ1v) is 7.05. The molecule has 1 N–H and O–H groups in total. The van der Waals surface area contributed by atoms with Gasteiger partial charge in [0.25, 0.3) is 5.91 Å². The summed E-state index contributed by atoms with van der Waals surface area (Å²) in [6.07, 6.45) is -3.44. The van der Waals surface area contributed by atoms with Crippen molar-refractivity contribution in [2.75, 3.05) is 7.11 Å². The van der Waals surface area contributed by atoms with E-state index in [1.165, 1.54) is 31.4 Å². The SMILES string of the molecule is COc1ccc(/C=N\NC(=O)c2cccc(C(F)(F)F)c2)cc1[N+](=O)[O-]. The number of rotatable bonds is 5. The highest BCUT2D eigenvalue weighted by atomic mass is 19.4. The molecule has 2 aromatic rings. The van der Waals surface area contributed by atoms with Gasteiger partial charge >= 0.3 is 11.9 Å². The third-order valence-corrected chi connectivity index (χ3v) is 3.23. The molecular weight excluding hydrogens is 355 g/mol. The molecule has 1 amide bonds. The molecule has 0 aliphatic rings. The zero-order valence-electron chi connectivity index (χ0n) is 13.3. The number of hydrogen-bond acceptors (Lipinski definition) is 5. The molecule has 136 valence electrons. The van der Waals surface area contributed by atoms with Gasteiger partial charge in [-0.15, -0.1) is 0 Å². The normalized spacial score (nSPS) is 11.4. The number of nitrogens with one attached hydrogen (secondary N) is 1. The van der Waals surface area contributed by atoms with Crippen LogP contribution in [0.1, 0.15) is 21.5 Å². The molecule has 0 radical (unpaired) electrons. The van der Waals surface area contributed by atoms with Crippen LogP contribution in [0.15, 0.2) is 47.6 Å². The Labute approximate surface area is 145 Å². The zero-order chi connectivity index (χ0) is 19.3. The van der Waals surface area contributed by atoms with Crippen molar-refractivity contribution in [1.29, 1.82) is 0 Å². The summed E-state index contributed by atoms with van der Waals surface area (Å²) in [5, 5.41) is 14.5. The number of amides is 1. The van der Waals surface area contributed by atoms with Gasteiger partial charge in [0, 0.05) is 17.2 Å². The van der Waals surface area contributed by atoms with Crippen LogP contribution < -0.4 is 10.2 Å². The zero-order valence-corrected chi connectivity index (χ0v) is 13.3. The average Bonchev–Trinajstić information content (AvgIpc) is 2.60. The van der Waals surface area contributed by atoms with Crippen LogP contribution in [0.3, 0.4) is 0 Å². The van der Waals surface area contributed by atoms with Crippen molar-refractivity contribution in [3.8, 4) is 5.75 Å². The van der Waals surface area contributed by atoms with Gasteiger partial charge in [-0.25, -0.2) is 5.43 Å². The molecule has 0 atom stereocenters. The van der Waals surface area contributed by atoms with Crippen molar-refractivity contribution in [3.63, 3.8) is 0 Å². The number of nitro groups is 1. The highest BCUT2D eigenvalue weighted by Crippen LogP contribution is 2.29. The second kappa shape index (κ2) is 7.64. The smallest absolute Gasteiger partial charge is 0.416 e. The predicted octanol–water partition coefficient (Wildman–Crippen LogP) is 3.39. The third-order valence-electron chi connectivity index (χ3n) is 3.23. The fourth-order valence-corrected chi connectivity index (χ4v) is 2.00. The lowest BCUT2D eigenvalue weighted by Crippen LogP contribution is -2.18. The lowest BCUT2D eigenvalue weighted by molar-refractivity contribution is -0.385. The Balaban J connectivity index is 2.12. The van der Waals surface area contributed by atoms with Crippen LogP contribution in [0.4, 0.5) is 18.9 Å². The summed E-state index contributed by atoms with van der Waals surface area (Å²) >= 11 is 0. The first kappa shape index (κ1) is 18.9. The van der Waals surface area contributed by atoms with Gasteiger partial charge in [-0.3, -0.25) is 14.9 Å². The number of alkyl halides is 3. The number of carbonyl (C=O) groups excluding carboxylic acids is 1. The topological polar surface area (TPSA) is 93.8 Å². The monoisotopic (exact) mass is 367 g/mol. The van der Waals surface area contributed by atoms with Gasteiger partial charge in [0.05, 0.1) is 23.8 Å². The number of hydrogen-bond donors (Lipinski definition) is 1. The molecule has 10 heteroatoms. The second-order valence-corrected chi connectivity index (χ2v) is 4.97. The molecule has 0 aliphatic heterocycles. The second-order valence-electron chi connectivity index (χ2n) is 4.97. The summed E-state index contributed by atoms with van der Waals surface area (Å²) in [4.78, 5) is 22.2. The third kappa shape index (κ3) is 4.56. The number of halogens is 3. The van der Waals surface area contributed by atoms with E-state index in [9.17, 15) is 28.1 Å². The maximum atomic E-state index is 12.6. The standard InChI is InChI=1S/C16H12F3N3O4/c1-26-14-6-5-10(7-13(14)22(24)25)9-20-21-15(23)11-3-2-4-12(8-11)16(17,18)19/h2-9H,1H3,(H,21,23)/b20-9-. The average molecular weight is 367 g/mol. The summed E-state index contributed by atoms with van der Waals surface area (Å²) in [6, 6.07) is 7.85. The first-order chi connectivity index (χ1) is 12.2. The first-order valence-electron chi connectivity index (χ1n) is 7.05. The number of benzene rings is 2. The Morgan fingerprint density at radius 2 is 2.00 bits per heavy atom. The van der Waals surface area contributed by atoms with Crippen molar-refractivity contribution in [3.05, 3.63) is 69.3 Å². The summed E-state index contributed by atoms with van der Waals surface area (Å²) in [7, 11) is 1.28. The number of hydrazone groups is 1. The van der Waals surface area contributed by atoms with Crippen molar-refractivity contribution in [1.82, 2.24) is 5.43 Å². The van der Waals surface area contributed by atoms with Crippen LogP contribution in [-0.2, 0) is 6.18 Å². The summed E-state index contributed by atoms with van der Waals surface area (Å²) < 4.78 is 42.8. The van der Waals surface area contributed by atoms with Crippen LogP contribution in [0.2, 0.25) is 0 Å². The summed E-state index contributed by atoms with van der Waals surface area (Å²) in [5.74, 6) is -0.796. The molecule has 7 nitrogen and oxygen atoms in total. The number of ether oxygens (including phenoxy) is 1. The fraction of sp³-hybridized carbons (Fsp3) is 0.125. The molecule has 26 heavy (non-hydrogen) atoms. The van der Waals surface area contributed by atoms with Crippen LogP contribution in [0.5, 0.6) is 5.75 Å². The minimum absolute atomic E-state index is 0.0557. The number of methoxy groups -OCH3 is 1. The fourth-order valence-electron chi connectivity index (χ4n) is 2.00. The van der Waals surface area contributed by atoms with Crippen molar-refractivity contribution >= 4 is 17.8 Å². The van der Waals surface area contributed by atoms with Crippen LogP contribution in [0, 0.1) is 10.1 Å². The quantitative estimate of drug-likeness (QED) is 0.498. The summed E-state index contributed by atoms with van der Waals surface area (Å²) in [6.45, 7) is 0. The molecular formula is C16H12F3N3O4. The van der Waals surface area contributed by atoms with Crippen LogP contribution in [0.25, 0.3) is 0 Å². The van der Waals surface area contributed by atoms with E-state index in [0.717, 1.165) is 18.3 Å². The Morgan fingerprint density at radius 3 is 2.62 bits per heavy atom. The molecule has 0 unspecified atom stereocenters. The molecule has 0 spiro atoms. The van der Waals surface area contributed by atoms with Gasteiger partial charge in [0.1, 0.15) is 0 Å². The van der Waals surface area contributed by atoms with E-state index in [4.69, 9.17) is 4.74 Å². The Kier molecular flexibility index (Phi) is 5.55. The maximum Gasteiger partial charge on any atom is 0.416 e. The molecule has 0 bridgehead atoms.